The predicted octanol–water partition coefficient (Wildman–Crippen LogP) is 5.02. The number of aromatic nitrogens is 1. The molecule has 1 unspecified atom stereocenters. The zero-order valence-corrected chi connectivity index (χ0v) is 18.6. The number of benzene rings is 2. The molecule has 1 saturated heterocycles. The molecule has 1 N–H and O–H groups in total. The topological polar surface area (TPSA) is 57.6 Å². The Kier molecular flexibility index (Phi) is 6.44. The van der Waals surface area contributed by atoms with E-state index >= 15 is 0 Å². The molecule has 1 atom stereocenters. The van der Waals surface area contributed by atoms with E-state index in [-0.39, 0.29) is 23.8 Å². The molecule has 1 aromatic heterocycles. The minimum atomic E-state index is -0.288. The van der Waals surface area contributed by atoms with Gasteiger partial charge in [-0.3, -0.25) is 4.79 Å². The number of hydrogen-bond donors (Lipinski definition) is 1. The number of anilines is 1. The number of nitrogens with one attached hydrogen (secondary N) is 1. The molecule has 1 fully saturated rings. The van der Waals surface area contributed by atoms with Gasteiger partial charge in [-0.15, -0.1) is 0 Å². The molecule has 0 bridgehead atoms. The first-order valence-corrected chi connectivity index (χ1v) is 11.2. The lowest BCUT2D eigenvalue weighted by molar-refractivity contribution is -0.131. The van der Waals surface area contributed by atoms with Gasteiger partial charge in [-0.05, 0) is 68.7 Å². The van der Waals surface area contributed by atoms with E-state index in [0.29, 0.717) is 31.9 Å². The summed E-state index contributed by atoms with van der Waals surface area (Å²) in [4.78, 5) is 29.0. The van der Waals surface area contributed by atoms with E-state index in [1.54, 1.807) is 11.0 Å². The van der Waals surface area contributed by atoms with Crippen LogP contribution >= 0.6 is 0 Å². The molecule has 7 heteroatoms. The fourth-order valence-corrected chi connectivity index (χ4v) is 4.50. The lowest BCUT2D eigenvalue weighted by Gasteiger charge is -2.25. The minimum absolute atomic E-state index is 0.0855. The first kappa shape index (κ1) is 21.9. The normalized spacial score (nSPS) is 15.8. The molecule has 1 aliphatic heterocycles. The van der Waals surface area contributed by atoms with Gasteiger partial charge in [0.1, 0.15) is 12.4 Å². The number of rotatable bonds is 6. The molecular weight excluding hydrogens is 407 g/mol. The summed E-state index contributed by atoms with van der Waals surface area (Å²) in [6, 6.07) is 13.8. The second kappa shape index (κ2) is 9.42. The molecule has 2 aromatic carbocycles. The van der Waals surface area contributed by atoms with Crippen LogP contribution in [0.25, 0.3) is 10.9 Å². The third kappa shape index (κ3) is 4.47. The van der Waals surface area contributed by atoms with Crippen molar-refractivity contribution in [2.45, 2.75) is 39.3 Å². The van der Waals surface area contributed by atoms with Gasteiger partial charge in [-0.25, -0.2) is 9.18 Å². The second-order valence-corrected chi connectivity index (χ2v) is 8.12. The maximum atomic E-state index is 13.7. The number of carbonyl (C=O) groups excluding carboxylic acids is 2. The van der Waals surface area contributed by atoms with Crippen molar-refractivity contribution in [2.24, 2.45) is 0 Å². The SMILES string of the molecule is CCN(CC)C(=O)Cn1ccc2cc(NC(=O)N3CCCC3c3cccc(F)c3)ccc21. The van der Waals surface area contributed by atoms with Gasteiger partial charge in [-0.1, -0.05) is 12.1 Å². The number of amides is 3. The summed E-state index contributed by atoms with van der Waals surface area (Å²) in [5.74, 6) is -0.202. The number of urea groups is 1. The highest BCUT2D eigenvalue weighted by atomic mass is 19.1. The summed E-state index contributed by atoms with van der Waals surface area (Å²) in [6.07, 6.45) is 3.61. The number of halogens is 1. The summed E-state index contributed by atoms with van der Waals surface area (Å²) >= 11 is 0. The Labute approximate surface area is 187 Å². The van der Waals surface area contributed by atoms with Crippen LogP contribution < -0.4 is 5.32 Å². The van der Waals surface area contributed by atoms with Crippen molar-refractivity contribution in [2.75, 3.05) is 25.0 Å². The van der Waals surface area contributed by atoms with E-state index in [0.717, 1.165) is 29.3 Å². The van der Waals surface area contributed by atoms with Crippen LogP contribution in [0.15, 0.2) is 54.7 Å². The van der Waals surface area contributed by atoms with Gasteiger partial charge >= 0.3 is 6.03 Å². The highest BCUT2D eigenvalue weighted by molar-refractivity contribution is 5.93. The van der Waals surface area contributed by atoms with Gasteiger partial charge in [0.2, 0.25) is 5.91 Å². The van der Waals surface area contributed by atoms with Crippen LogP contribution in [0.1, 0.15) is 38.3 Å². The van der Waals surface area contributed by atoms with Crippen LogP contribution in [0.5, 0.6) is 0 Å². The van der Waals surface area contributed by atoms with Crippen molar-refractivity contribution in [3.8, 4) is 0 Å². The van der Waals surface area contributed by atoms with Crippen molar-refractivity contribution in [3.05, 3.63) is 66.1 Å². The molecular formula is C25H29FN4O2. The van der Waals surface area contributed by atoms with E-state index in [2.05, 4.69) is 5.32 Å². The van der Waals surface area contributed by atoms with Gasteiger partial charge < -0.3 is 19.7 Å². The summed E-state index contributed by atoms with van der Waals surface area (Å²) in [7, 11) is 0. The Morgan fingerprint density at radius 2 is 1.94 bits per heavy atom. The Balaban J connectivity index is 1.47. The highest BCUT2D eigenvalue weighted by Crippen LogP contribution is 2.33. The molecule has 2 heterocycles. The van der Waals surface area contributed by atoms with Crippen molar-refractivity contribution >= 4 is 28.5 Å². The largest absolute Gasteiger partial charge is 0.342 e. The fourth-order valence-electron chi connectivity index (χ4n) is 4.50. The third-order valence-electron chi connectivity index (χ3n) is 6.19. The van der Waals surface area contributed by atoms with Crippen molar-refractivity contribution in [1.29, 1.82) is 0 Å². The quantitative estimate of drug-likeness (QED) is 0.590. The molecule has 1 aliphatic rings. The average Bonchev–Trinajstić information content (AvgIpc) is 3.42. The molecule has 0 aliphatic carbocycles. The Morgan fingerprint density at radius 3 is 2.69 bits per heavy atom. The molecule has 6 nitrogen and oxygen atoms in total. The number of likely N-dealkylation sites (N-methyl/N-ethyl adjacent to an activating group) is 1. The molecule has 3 amide bonds. The fraction of sp³-hybridized carbons (Fsp3) is 0.360. The second-order valence-electron chi connectivity index (χ2n) is 8.12. The number of hydrogen-bond acceptors (Lipinski definition) is 2. The highest BCUT2D eigenvalue weighted by Gasteiger charge is 2.30. The lowest BCUT2D eigenvalue weighted by Crippen LogP contribution is -2.34. The van der Waals surface area contributed by atoms with Crippen LogP contribution in [-0.4, -0.2) is 45.9 Å². The lowest BCUT2D eigenvalue weighted by atomic mass is 10.0. The van der Waals surface area contributed by atoms with Gasteiger partial charge in [-0.2, -0.15) is 0 Å². The molecule has 32 heavy (non-hydrogen) atoms. The van der Waals surface area contributed by atoms with Crippen molar-refractivity contribution in [1.82, 2.24) is 14.4 Å². The van der Waals surface area contributed by atoms with Crippen molar-refractivity contribution in [3.63, 3.8) is 0 Å². The molecule has 0 saturated carbocycles. The Bertz CT molecular complexity index is 1120. The monoisotopic (exact) mass is 436 g/mol. The molecule has 0 spiro atoms. The van der Waals surface area contributed by atoms with Gasteiger partial charge in [0.25, 0.3) is 0 Å². The first-order chi connectivity index (χ1) is 15.5. The number of likely N-dealkylation sites (tertiary alicyclic amines) is 1. The standard InChI is InChI=1S/C25H29FN4O2/c1-3-28(4-2)24(31)17-29-14-12-19-16-21(10-11-22(19)29)27-25(32)30-13-6-9-23(30)18-7-5-8-20(26)15-18/h5,7-8,10-12,14-16,23H,3-4,6,9,13,17H2,1-2H3,(H,27,32). The summed E-state index contributed by atoms with van der Waals surface area (Å²) < 4.78 is 15.6. The van der Waals surface area contributed by atoms with Crippen LogP contribution in [0.4, 0.5) is 14.9 Å². The zero-order valence-electron chi connectivity index (χ0n) is 18.6. The van der Waals surface area contributed by atoms with Crippen molar-refractivity contribution < 1.29 is 14.0 Å². The maximum absolute atomic E-state index is 13.7. The van der Waals surface area contributed by atoms with Crippen LogP contribution in [0, 0.1) is 5.82 Å². The van der Waals surface area contributed by atoms with E-state index in [9.17, 15) is 14.0 Å². The van der Waals surface area contributed by atoms with E-state index in [4.69, 9.17) is 0 Å². The van der Waals surface area contributed by atoms with Crippen LogP contribution in [0.2, 0.25) is 0 Å². The van der Waals surface area contributed by atoms with Gasteiger partial charge in [0.15, 0.2) is 0 Å². The summed E-state index contributed by atoms with van der Waals surface area (Å²) in [5, 5.41) is 3.94. The Hall–Kier alpha value is -3.35. The maximum Gasteiger partial charge on any atom is 0.322 e. The van der Waals surface area contributed by atoms with Gasteiger partial charge in [0.05, 0.1) is 6.04 Å². The number of fused-ring (bicyclic) bond motifs is 1. The van der Waals surface area contributed by atoms with E-state index in [1.165, 1.54) is 12.1 Å². The predicted molar refractivity (Wildman–Crippen MR) is 124 cm³/mol. The molecule has 3 aromatic rings. The summed E-state index contributed by atoms with van der Waals surface area (Å²) in [5.41, 5.74) is 2.46. The molecule has 4 rings (SSSR count). The minimum Gasteiger partial charge on any atom is -0.342 e. The molecule has 168 valence electrons. The third-order valence-corrected chi connectivity index (χ3v) is 6.19. The smallest absolute Gasteiger partial charge is 0.322 e. The van der Waals surface area contributed by atoms with Crippen LogP contribution in [-0.2, 0) is 11.3 Å². The first-order valence-electron chi connectivity index (χ1n) is 11.2. The average molecular weight is 437 g/mol. The van der Waals surface area contributed by atoms with E-state index < -0.39 is 0 Å². The zero-order chi connectivity index (χ0) is 22.7. The number of carbonyl (C=O) groups is 2. The van der Waals surface area contributed by atoms with Gasteiger partial charge in [0, 0.05) is 42.4 Å². The molecule has 0 radical (unpaired) electrons. The Morgan fingerprint density at radius 1 is 1.12 bits per heavy atom. The van der Waals surface area contributed by atoms with E-state index in [1.807, 2.05) is 59.8 Å². The number of nitrogens with zero attached hydrogens (tertiary/aromatic N) is 3. The van der Waals surface area contributed by atoms with Crippen LogP contribution in [0.3, 0.4) is 0 Å². The summed E-state index contributed by atoms with van der Waals surface area (Å²) in [6.45, 7) is 6.27.